The molecular formula is C25H25ClN2O3. The topological polar surface area (TPSA) is 58.6 Å². The highest BCUT2D eigenvalue weighted by atomic mass is 35.5. The Morgan fingerprint density at radius 3 is 2.06 bits per heavy atom. The molecule has 0 spiro atoms. The summed E-state index contributed by atoms with van der Waals surface area (Å²) < 4.78 is 5.23. The van der Waals surface area contributed by atoms with Crippen LogP contribution in [0.3, 0.4) is 0 Å². The Hall–Kier alpha value is -3.15. The van der Waals surface area contributed by atoms with Crippen molar-refractivity contribution in [1.29, 1.82) is 0 Å². The second kappa shape index (κ2) is 11.3. The molecule has 0 bridgehead atoms. The molecule has 3 aromatic carbocycles. The number of rotatable bonds is 9. The number of aryl methyl sites for hydroxylation is 1. The van der Waals surface area contributed by atoms with E-state index in [1.54, 1.807) is 12.1 Å². The van der Waals surface area contributed by atoms with Gasteiger partial charge in [-0.2, -0.15) is 0 Å². The zero-order valence-electron chi connectivity index (χ0n) is 17.4. The number of ether oxygens (including phenoxy) is 1. The first-order valence-corrected chi connectivity index (χ1v) is 10.4. The summed E-state index contributed by atoms with van der Waals surface area (Å²) in [4.78, 5) is 26.6. The van der Waals surface area contributed by atoms with Crippen LogP contribution >= 0.6 is 11.6 Å². The molecule has 31 heavy (non-hydrogen) atoms. The molecule has 0 aliphatic heterocycles. The fourth-order valence-electron chi connectivity index (χ4n) is 3.14. The van der Waals surface area contributed by atoms with Crippen LogP contribution in [0.1, 0.15) is 16.7 Å². The Bertz CT molecular complexity index is 968. The molecule has 3 aromatic rings. The molecule has 0 saturated heterocycles. The lowest BCUT2D eigenvalue weighted by Gasteiger charge is -2.21. The minimum atomic E-state index is -0.454. The highest BCUT2D eigenvalue weighted by molar-refractivity contribution is 6.31. The van der Waals surface area contributed by atoms with Gasteiger partial charge in [-0.3, -0.25) is 14.5 Å². The number of nitrogens with one attached hydrogen (secondary N) is 1. The summed E-state index contributed by atoms with van der Waals surface area (Å²) in [5.74, 6) is -0.860. The van der Waals surface area contributed by atoms with Crippen LogP contribution in [0.25, 0.3) is 0 Å². The van der Waals surface area contributed by atoms with Gasteiger partial charge >= 0.3 is 5.97 Å². The second-order valence-corrected chi connectivity index (χ2v) is 7.72. The Morgan fingerprint density at radius 2 is 1.48 bits per heavy atom. The number of hydrogen-bond donors (Lipinski definition) is 1. The van der Waals surface area contributed by atoms with Gasteiger partial charge in [-0.15, -0.1) is 0 Å². The van der Waals surface area contributed by atoms with Crippen LogP contribution in [0.15, 0.2) is 78.9 Å². The molecule has 3 rings (SSSR count). The van der Waals surface area contributed by atoms with E-state index in [-0.39, 0.29) is 13.2 Å². The maximum Gasteiger partial charge on any atom is 0.320 e. The van der Waals surface area contributed by atoms with Gasteiger partial charge in [0.15, 0.2) is 6.61 Å². The Kier molecular flexibility index (Phi) is 8.21. The van der Waals surface area contributed by atoms with E-state index in [4.69, 9.17) is 16.3 Å². The van der Waals surface area contributed by atoms with Crippen LogP contribution in [0.4, 0.5) is 5.69 Å². The van der Waals surface area contributed by atoms with E-state index < -0.39 is 11.9 Å². The van der Waals surface area contributed by atoms with Gasteiger partial charge in [0.25, 0.3) is 5.91 Å². The van der Waals surface area contributed by atoms with Gasteiger partial charge in [0, 0.05) is 23.8 Å². The largest absolute Gasteiger partial charge is 0.455 e. The van der Waals surface area contributed by atoms with Gasteiger partial charge in [-0.25, -0.2) is 0 Å². The zero-order chi connectivity index (χ0) is 22.1. The van der Waals surface area contributed by atoms with E-state index in [2.05, 4.69) is 5.32 Å². The van der Waals surface area contributed by atoms with Crippen LogP contribution in [-0.2, 0) is 27.4 Å². The minimum Gasteiger partial charge on any atom is -0.455 e. The molecule has 1 amide bonds. The van der Waals surface area contributed by atoms with Crippen LogP contribution < -0.4 is 5.32 Å². The van der Waals surface area contributed by atoms with E-state index >= 15 is 0 Å². The Morgan fingerprint density at radius 1 is 0.903 bits per heavy atom. The standard InChI is InChI=1S/C25H25ClN2O3/c1-19-12-13-22(26)14-23(19)27-24(29)18-31-25(30)17-28(15-20-8-4-2-5-9-20)16-21-10-6-3-7-11-21/h2-14H,15-18H2,1H3,(H,27,29). The van der Waals surface area contributed by atoms with Gasteiger partial charge in [-0.1, -0.05) is 78.3 Å². The van der Waals surface area contributed by atoms with Crippen molar-refractivity contribution in [2.24, 2.45) is 0 Å². The fraction of sp³-hybridized carbons (Fsp3) is 0.200. The number of hydrogen-bond acceptors (Lipinski definition) is 4. The normalized spacial score (nSPS) is 10.7. The molecule has 1 N–H and O–H groups in total. The van der Waals surface area contributed by atoms with Crippen molar-refractivity contribution < 1.29 is 14.3 Å². The van der Waals surface area contributed by atoms with Gasteiger partial charge in [0.05, 0.1) is 6.54 Å². The number of nitrogens with zero attached hydrogens (tertiary/aromatic N) is 1. The summed E-state index contributed by atoms with van der Waals surface area (Å²) in [7, 11) is 0. The molecule has 5 nitrogen and oxygen atoms in total. The van der Waals surface area contributed by atoms with Crippen molar-refractivity contribution in [1.82, 2.24) is 4.90 Å². The summed E-state index contributed by atoms with van der Waals surface area (Å²) in [6.45, 7) is 2.78. The maximum absolute atomic E-state index is 12.4. The number of carbonyl (C=O) groups is 2. The van der Waals surface area contributed by atoms with Crippen LogP contribution in [0.5, 0.6) is 0 Å². The predicted molar refractivity (Wildman–Crippen MR) is 123 cm³/mol. The summed E-state index contributed by atoms with van der Waals surface area (Å²) in [6.07, 6.45) is 0. The van der Waals surface area contributed by atoms with Crippen molar-refractivity contribution in [2.45, 2.75) is 20.0 Å². The smallest absolute Gasteiger partial charge is 0.320 e. The van der Waals surface area contributed by atoms with Crippen molar-refractivity contribution >= 4 is 29.2 Å². The summed E-state index contributed by atoms with van der Waals surface area (Å²) >= 11 is 5.98. The summed E-state index contributed by atoms with van der Waals surface area (Å²) in [6, 6.07) is 25.1. The third kappa shape index (κ3) is 7.55. The average molecular weight is 437 g/mol. The molecule has 0 aliphatic rings. The maximum atomic E-state index is 12.4. The summed E-state index contributed by atoms with van der Waals surface area (Å²) in [5.41, 5.74) is 3.67. The Labute approximate surface area is 187 Å². The monoisotopic (exact) mass is 436 g/mol. The number of halogens is 1. The van der Waals surface area contributed by atoms with E-state index in [0.717, 1.165) is 16.7 Å². The number of amides is 1. The molecule has 0 radical (unpaired) electrons. The lowest BCUT2D eigenvalue weighted by Crippen LogP contribution is -2.32. The van der Waals surface area contributed by atoms with Crippen molar-refractivity contribution in [2.75, 3.05) is 18.5 Å². The second-order valence-electron chi connectivity index (χ2n) is 7.28. The number of esters is 1. The van der Waals surface area contributed by atoms with Crippen molar-refractivity contribution in [3.05, 3.63) is 101 Å². The first-order chi connectivity index (χ1) is 15.0. The quantitative estimate of drug-likeness (QED) is 0.488. The SMILES string of the molecule is Cc1ccc(Cl)cc1NC(=O)COC(=O)CN(Cc1ccccc1)Cc1ccccc1. The van der Waals surface area contributed by atoms with E-state index in [0.29, 0.717) is 23.8 Å². The summed E-state index contributed by atoms with van der Waals surface area (Å²) in [5, 5.41) is 3.25. The molecule has 160 valence electrons. The van der Waals surface area contributed by atoms with Crippen molar-refractivity contribution in [3.63, 3.8) is 0 Å². The molecule has 0 aliphatic carbocycles. The van der Waals surface area contributed by atoms with Crippen LogP contribution in [0.2, 0.25) is 5.02 Å². The molecule has 6 heteroatoms. The first kappa shape index (κ1) is 22.5. The molecule has 0 saturated carbocycles. The highest BCUT2D eigenvalue weighted by Crippen LogP contribution is 2.20. The highest BCUT2D eigenvalue weighted by Gasteiger charge is 2.15. The number of benzene rings is 3. The van der Waals surface area contributed by atoms with E-state index in [1.807, 2.05) is 78.6 Å². The van der Waals surface area contributed by atoms with Gasteiger partial charge in [-0.05, 0) is 35.7 Å². The molecule has 0 aromatic heterocycles. The van der Waals surface area contributed by atoms with Crippen LogP contribution in [0, 0.1) is 6.92 Å². The lowest BCUT2D eigenvalue weighted by molar-refractivity contribution is -0.148. The lowest BCUT2D eigenvalue weighted by atomic mass is 10.1. The van der Waals surface area contributed by atoms with E-state index in [9.17, 15) is 9.59 Å². The number of carbonyl (C=O) groups excluding carboxylic acids is 2. The van der Waals surface area contributed by atoms with Gasteiger partial charge in [0.2, 0.25) is 0 Å². The third-order valence-corrected chi connectivity index (χ3v) is 4.92. The minimum absolute atomic E-state index is 0.0766. The molecule has 0 heterocycles. The Balaban J connectivity index is 1.56. The molecule has 0 atom stereocenters. The van der Waals surface area contributed by atoms with Crippen LogP contribution in [-0.4, -0.2) is 29.9 Å². The molecule has 0 unspecified atom stereocenters. The predicted octanol–water partition coefficient (Wildman–Crippen LogP) is 4.83. The third-order valence-electron chi connectivity index (χ3n) is 4.69. The van der Waals surface area contributed by atoms with E-state index in [1.165, 1.54) is 0 Å². The van der Waals surface area contributed by atoms with Gasteiger partial charge < -0.3 is 10.1 Å². The van der Waals surface area contributed by atoms with Gasteiger partial charge in [0.1, 0.15) is 0 Å². The molecule has 0 fully saturated rings. The average Bonchev–Trinajstić information content (AvgIpc) is 2.76. The first-order valence-electron chi connectivity index (χ1n) is 10.0. The van der Waals surface area contributed by atoms with Crippen molar-refractivity contribution in [3.8, 4) is 0 Å². The molecular weight excluding hydrogens is 412 g/mol. The zero-order valence-corrected chi connectivity index (χ0v) is 18.1. The fourth-order valence-corrected chi connectivity index (χ4v) is 3.31. The number of anilines is 1.